The van der Waals surface area contributed by atoms with Crippen LogP contribution in [0.2, 0.25) is 0 Å². The van der Waals surface area contributed by atoms with Crippen molar-refractivity contribution >= 4 is 11.9 Å². The summed E-state index contributed by atoms with van der Waals surface area (Å²) >= 11 is 0. The fourth-order valence-corrected chi connectivity index (χ4v) is 2.54. The van der Waals surface area contributed by atoms with Gasteiger partial charge >= 0.3 is 5.97 Å². The second kappa shape index (κ2) is 6.00. The SMILES string of the molecule is COC(=O)C1CCn2c(CNC(=O)c3ccco3)nnc2C1. The number of hydrogen-bond acceptors (Lipinski definition) is 6. The summed E-state index contributed by atoms with van der Waals surface area (Å²) in [5, 5.41) is 10.9. The number of fused-ring (bicyclic) bond motifs is 1. The van der Waals surface area contributed by atoms with Crippen molar-refractivity contribution < 1.29 is 18.7 Å². The Labute approximate surface area is 126 Å². The van der Waals surface area contributed by atoms with E-state index < -0.39 is 0 Å². The average Bonchev–Trinajstić information content (AvgIpc) is 3.21. The molecule has 0 fully saturated rings. The zero-order valence-electron chi connectivity index (χ0n) is 12.1. The molecular weight excluding hydrogens is 288 g/mol. The molecule has 116 valence electrons. The maximum Gasteiger partial charge on any atom is 0.309 e. The van der Waals surface area contributed by atoms with Gasteiger partial charge in [0, 0.05) is 13.0 Å². The molecule has 1 amide bonds. The molecule has 3 rings (SSSR count). The molecule has 0 bridgehead atoms. The number of amides is 1. The average molecular weight is 304 g/mol. The molecule has 2 aromatic rings. The highest BCUT2D eigenvalue weighted by Crippen LogP contribution is 2.21. The van der Waals surface area contributed by atoms with Crippen LogP contribution in [0.25, 0.3) is 0 Å². The number of nitrogens with one attached hydrogen (secondary N) is 1. The molecule has 3 heterocycles. The van der Waals surface area contributed by atoms with Gasteiger partial charge in [0.2, 0.25) is 0 Å². The van der Waals surface area contributed by atoms with Crippen molar-refractivity contribution in [1.29, 1.82) is 0 Å². The maximum absolute atomic E-state index is 11.8. The summed E-state index contributed by atoms with van der Waals surface area (Å²) in [6.45, 7) is 0.892. The molecule has 0 spiro atoms. The summed E-state index contributed by atoms with van der Waals surface area (Å²) in [7, 11) is 1.39. The van der Waals surface area contributed by atoms with Crippen LogP contribution in [0.4, 0.5) is 0 Å². The third-order valence-electron chi connectivity index (χ3n) is 3.72. The molecular formula is C14H16N4O4. The lowest BCUT2D eigenvalue weighted by Gasteiger charge is -2.21. The smallest absolute Gasteiger partial charge is 0.309 e. The van der Waals surface area contributed by atoms with Gasteiger partial charge in [-0.05, 0) is 18.6 Å². The van der Waals surface area contributed by atoms with Gasteiger partial charge in [-0.1, -0.05) is 0 Å². The fraction of sp³-hybridized carbons (Fsp3) is 0.429. The monoisotopic (exact) mass is 304 g/mol. The number of hydrogen-bond donors (Lipinski definition) is 1. The molecule has 0 saturated heterocycles. The molecule has 8 heteroatoms. The predicted molar refractivity (Wildman–Crippen MR) is 73.7 cm³/mol. The van der Waals surface area contributed by atoms with Gasteiger partial charge in [0.1, 0.15) is 5.82 Å². The van der Waals surface area contributed by atoms with Crippen LogP contribution in [0.15, 0.2) is 22.8 Å². The van der Waals surface area contributed by atoms with E-state index in [0.29, 0.717) is 25.2 Å². The lowest BCUT2D eigenvalue weighted by molar-refractivity contribution is -0.146. The third kappa shape index (κ3) is 2.72. The van der Waals surface area contributed by atoms with Crippen LogP contribution in [-0.4, -0.2) is 33.8 Å². The van der Waals surface area contributed by atoms with Crippen molar-refractivity contribution in [2.24, 2.45) is 5.92 Å². The number of nitrogens with zero attached hydrogens (tertiary/aromatic N) is 3. The lowest BCUT2D eigenvalue weighted by Crippen LogP contribution is -2.29. The summed E-state index contributed by atoms with van der Waals surface area (Å²) in [5.74, 6) is 0.964. The fourth-order valence-electron chi connectivity index (χ4n) is 2.54. The first-order valence-corrected chi connectivity index (χ1v) is 6.99. The molecule has 0 saturated carbocycles. The molecule has 0 radical (unpaired) electrons. The minimum absolute atomic E-state index is 0.174. The minimum Gasteiger partial charge on any atom is -0.469 e. The van der Waals surface area contributed by atoms with Crippen molar-refractivity contribution in [2.75, 3.05) is 7.11 Å². The van der Waals surface area contributed by atoms with Crippen molar-refractivity contribution in [3.63, 3.8) is 0 Å². The molecule has 0 aliphatic carbocycles. The zero-order valence-corrected chi connectivity index (χ0v) is 12.1. The molecule has 22 heavy (non-hydrogen) atoms. The van der Waals surface area contributed by atoms with E-state index in [0.717, 1.165) is 5.82 Å². The number of carbonyl (C=O) groups is 2. The van der Waals surface area contributed by atoms with Crippen LogP contribution >= 0.6 is 0 Å². The van der Waals surface area contributed by atoms with Gasteiger partial charge in [-0.15, -0.1) is 10.2 Å². The summed E-state index contributed by atoms with van der Waals surface area (Å²) in [6.07, 6.45) is 2.63. The van der Waals surface area contributed by atoms with E-state index in [4.69, 9.17) is 9.15 Å². The Bertz CT molecular complexity index is 677. The van der Waals surface area contributed by atoms with Gasteiger partial charge in [-0.25, -0.2) is 0 Å². The molecule has 0 aromatic carbocycles. The maximum atomic E-state index is 11.8. The number of esters is 1. The first-order chi connectivity index (χ1) is 10.7. The molecule has 2 aromatic heterocycles. The van der Waals surface area contributed by atoms with Gasteiger partial charge < -0.3 is 19.0 Å². The second-order valence-electron chi connectivity index (χ2n) is 5.06. The minimum atomic E-state index is -0.300. The van der Waals surface area contributed by atoms with Crippen LogP contribution in [0.3, 0.4) is 0 Å². The van der Waals surface area contributed by atoms with E-state index in [2.05, 4.69) is 15.5 Å². The summed E-state index contributed by atoms with van der Waals surface area (Å²) in [4.78, 5) is 23.4. The molecule has 1 aliphatic heterocycles. The largest absolute Gasteiger partial charge is 0.469 e. The number of methoxy groups -OCH3 is 1. The number of rotatable bonds is 4. The Morgan fingerprint density at radius 2 is 2.36 bits per heavy atom. The molecule has 1 atom stereocenters. The summed E-state index contributed by atoms with van der Waals surface area (Å²) in [6, 6.07) is 3.25. The Hall–Kier alpha value is -2.64. The number of furan rings is 1. The first-order valence-electron chi connectivity index (χ1n) is 6.99. The summed E-state index contributed by atoms with van der Waals surface area (Å²) in [5.41, 5.74) is 0. The molecule has 1 aliphatic rings. The van der Waals surface area contributed by atoms with E-state index in [1.165, 1.54) is 13.4 Å². The molecule has 8 nitrogen and oxygen atoms in total. The Balaban J connectivity index is 1.64. The highest BCUT2D eigenvalue weighted by atomic mass is 16.5. The van der Waals surface area contributed by atoms with Crippen LogP contribution in [-0.2, 0) is 29.0 Å². The van der Waals surface area contributed by atoms with Gasteiger partial charge in [0.05, 0.1) is 25.8 Å². The standard InChI is InChI=1S/C14H16N4O4/c1-21-14(20)9-4-5-18-11(7-9)16-17-12(18)8-15-13(19)10-3-2-6-22-10/h2-3,6,9H,4-5,7-8H2,1H3,(H,15,19). The van der Waals surface area contributed by atoms with E-state index in [1.807, 2.05) is 4.57 Å². The van der Waals surface area contributed by atoms with Crippen molar-refractivity contribution in [3.8, 4) is 0 Å². The zero-order chi connectivity index (χ0) is 15.5. The third-order valence-corrected chi connectivity index (χ3v) is 3.72. The summed E-state index contributed by atoms with van der Waals surface area (Å²) < 4.78 is 11.7. The Kier molecular flexibility index (Phi) is 3.90. The van der Waals surface area contributed by atoms with Crippen LogP contribution in [0.5, 0.6) is 0 Å². The number of ether oxygens (including phenoxy) is 1. The number of carbonyl (C=O) groups excluding carboxylic acids is 2. The van der Waals surface area contributed by atoms with Gasteiger partial charge in [-0.2, -0.15) is 0 Å². The van der Waals surface area contributed by atoms with E-state index in [1.54, 1.807) is 12.1 Å². The van der Waals surface area contributed by atoms with Gasteiger partial charge in [0.15, 0.2) is 11.6 Å². The Morgan fingerprint density at radius 1 is 1.50 bits per heavy atom. The first kappa shape index (κ1) is 14.3. The van der Waals surface area contributed by atoms with Crippen molar-refractivity contribution in [1.82, 2.24) is 20.1 Å². The quantitative estimate of drug-likeness (QED) is 0.827. The normalized spacial score (nSPS) is 16.9. The predicted octanol–water partition coefficient (Wildman–Crippen LogP) is 0.536. The van der Waals surface area contributed by atoms with Crippen molar-refractivity contribution in [3.05, 3.63) is 35.8 Å². The van der Waals surface area contributed by atoms with Crippen LogP contribution in [0, 0.1) is 5.92 Å². The van der Waals surface area contributed by atoms with E-state index in [-0.39, 0.29) is 30.1 Å². The highest BCUT2D eigenvalue weighted by molar-refractivity contribution is 5.91. The van der Waals surface area contributed by atoms with E-state index >= 15 is 0 Å². The van der Waals surface area contributed by atoms with Crippen molar-refractivity contribution in [2.45, 2.75) is 25.9 Å². The van der Waals surface area contributed by atoms with Gasteiger partial charge in [-0.3, -0.25) is 9.59 Å². The van der Waals surface area contributed by atoms with Crippen LogP contribution < -0.4 is 5.32 Å². The highest BCUT2D eigenvalue weighted by Gasteiger charge is 2.28. The Morgan fingerprint density at radius 3 is 3.09 bits per heavy atom. The van der Waals surface area contributed by atoms with Gasteiger partial charge in [0.25, 0.3) is 5.91 Å². The van der Waals surface area contributed by atoms with E-state index in [9.17, 15) is 9.59 Å². The van der Waals surface area contributed by atoms with Crippen LogP contribution in [0.1, 0.15) is 28.6 Å². The molecule has 1 N–H and O–H groups in total. The number of aromatic nitrogens is 3. The second-order valence-corrected chi connectivity index (χ2v) is 5.06. The molecule has 1 unspecified atom stereocenters. The topological polar surface area (TPSA) is 99.2 Å². The lowest BCUT2D eigenvalue weighted by atomic mass is 9.98.